The molecule has 4 amide bonds. The highest BCUT2D eigenvalue weighted by Crippen LogP contribution is 2.39. The molecule has 3 aromatic carbocycles. The summed E-state index contributed by atoms with van der Waals surface area (Å²) in [6.45, 7) is 2.58. The van der Waals surface area contributed by atoms with Gasteiger partial charge in [-0.05, 0) is 99.0 Å². The number of hydrogen-bond donors (Lipinski definition) is 1. The summed E-state index contributed by atoms with van der Waals surface area (Å²) in [7, 11) is 0. The lowest BCUT2D eigenvalue weighted by Gasteiger charge is -2.26. The Kier molecular flexibility index (Phi) is 7.56. The summed E-state index contributed by atoms with van der Waals surface area (Å²) >= 11 is 5.76. The van der Waals surface area contributed by atoms with Crippen molar-refractivity contribution in [3.8, 4) is 23.0 Å². The number of halogens is 2. The van der Waals surface area contributed by atoms with E-state index in [4.69, 9.17) is 18.9 Å². The molecule has 1 N–H and O–H groups in total. The summed E-state index contributed by atoms with van der Waals surface area (Å²) in [5.41, 5.74) is 1.51. The maximum atomic E-state index is 13.3. The zero-order valence-electron chi connectivity index (χ0n) is 20.0. The maximum Gasteiger partial charge on any atom is 0.335 e. The number of urea groups is 1. The molecule has 0 aliphatic carbocycles. The number of ether oxygens (including phenoxy) is 4. The average molecular weight is 691 g/mol. The summed E-state index contributed by atoms with van der Waals surface area (Å²) in [6.07, 6.45) is 1.40. The van der Waals surface area contributed by atoms with Crippen LogP contribution >= 0.6 is 38.5 Å². The number of barbiturate groups is 1. The smallest absolute Gasteiger partial charge is 0.335 e. The highest BCUT2D eigenvalue weighted by molar-refractivity contribution is 14.1. The predicted octanol–water partition coefficient (Wildman–Crippen LogP) is 5.43. The van der Waals surface area contributed by atoms with Gasteiger partial charge in [0.2, 0.25) is 6.79 Å². The van der Waals surface area contributed by atoms with E-state index in [-0.39, 0.29) is 18.1 Å². The Hall–Kier alpha value is -3.58. The Morgan fingerprint density at radius 1 is 1.03 bits per heavy atom. The van der Waals surface area contributed by atoms with E-state index in [0.717, 1.165) is 14.0 Å². The van der Waals surface area contributed by atoms with Gasteiger partial charge in [-0.25, -0.2) is 9.69 Å². The van der Waals surface area contributed by atoms with Gasteiger partial charge in [-0.1, -0.05) is 12.1 Å². The van der Waals surface area contributed by atoms with Crippen LogP contribution in [0.4, 0.5) is 10.5 Å². The number of rotatable bonds is 7. The Bertz CT molecular complexity index is 1470. The molecule has 2 heterocycles. The molecule has 0 radical (unpaired) electrons. The molecule has 2 aliphatic heterocycles. The molecule has 3 aromatic rings. The van der Waals surface area contributed by atoms with Crippen LogP contribution in [0, 0.1) is 3.57 Å². The molecule has 11 heteroatoms. The number of nitrogens with zero attached hydrogens (tertiary/aromatic N) is 1. The normalized spacial score (nSPS) is 15.6. The standard InChI is InChI=1S/C27H20BrIN2O7/c1-2-35-23-11-16(10-20(28)24(23)36-13-15-3-5-17(29)6-4-15)9-19-25(32)30-27(34)31(26(19)33)18-7-8-21-22(12-18)38-14-37-21/h3-12H,2,13-14H2,1H3,(H,30,32,34)/b19-9+. The number of carbonyl (C=O) groups is 3. The van der Waals surface area contributed by atoms with Gasteiger partial charge >= 0.3 is 6.03 Å². The molecular weight excluding hydrogens is 671 g/mol. The van der Waals surface area contributed by atoms with Gasteiger partial charge in [0.05, 0.1) is 16.8 Å². The van der Waals surface area contributed by atoms with E-state index >= 15 is 0 Å². The lowest BCUT2D eigenvalue weighted by Crippen LogP contribution is -2.54. The molecule has 2 aliphatic rings. The summed E-state index contributed by atoms with van der Waals surface area (Å²) in [4.78, 5) is 39.5. The number of imide groups is 2. The largest absolute Gasteiger partial charge is 0.490 e. The third kappa shape index (κ3) is 5.34. The summed E-state index contributed by atoms with van der Waals surface area (Å²) < 4.78 is 24.2. The Morgan fingerprint density at radius 3 is 2.55 bits per heavy atom. The summed E-state index contributed by atoms with van der Waals surface area (Å²) in [5.74, 6) is 0.256. The minimum absolute atomic E-state index is 0.0457. The molecule has 1 saturated heterocycles. The van der Waals surface area contributed by atoms with Crippen molar-refractivity contribution in [2.75, 3.05) is 18.3 Å². The molecule has 0 atom stereocenters. The van der Waals surface area contributed by atoms with Crippen LogP contribution in [0.5, 0.6) is 23.0 Å². The van der Waals surface area contributed by atoms with Crippen molar-refractivity contribution < 1.29 is 33.3 Å². The molecule has 1 fully saturated rings. The Morgan fingerprint density at radius 2 is 1.79 bits per heavy atom. The number of hydrogen-bond acceptors (Lipinski definition) is 7. The van der Waals surface area contributed by atoms with Gasteiger partial charge in [0.15, 0.2) is 23.0 Å². The van der Waals surface area contributed by atoms with Crippen LogP contribution in [0.25, 0.3) is 6.08 Å². The van der Waals surface area contributed by atoms with Crippen molar-refractivity contribution in [2.24, 2.45) is 0 Å². The Balaban J connectivity index is 1.44. The Labute approximate surface area is 240 Å². The predicted molar refractivity (Wildman–Crippen MR) is 150 cm³/mol. The minimum Gasteiger partial charge on any atom is -0.490 e. The van der Waals surface area contributed by atoms with Crippen molar-refractivity contribution in [3.05, 3.63) is 79.3 Å². The minimum atomic E-state index is -0.855. The molecule has 0 unspecified atom stereocenters. The molecular formula is C27H20BrIN2O7. The number of fused-ring (bicyclic) bond motifs is 1. The van der Waals surface area contributed by atoms with Crippen molar-refractivity contribution in [2.45, 2.75) is 13.5 Å². The van der Waals surface area contributed by atoms with E-state index in [1.54, 1.807) is 24.3 Å². The lowest BCUT2D eigenvalue weighted by atomic mass is 10.1. The number of nitrogens with one attached hydrogen (secondary N) is 1. The first kappa shape index (κ1) is 26.0. The maximum absolute atomic E-state index is 13.3. The van der Waals surface area contributed by atoms with Gasteiger partial charge in [-0.2, -0.15) is 0 Å². The second-order valence-corrected chi connectivity index (χ2v) is 10.3. The monoisotopic (exact) mass is 690 g/mol. The van der Waals surface area contributed by atoms with Crippen LogP contribution in [-0.2, 0) is 16.2 Å². The van der Waals surface area contributed by atoms with Gasteiger partial charge in [0.1, 0.15) is 12.2 Å². The number of amides is 4. The molecule has 5 rings (SSSR count). The first-order valence-electron chi connectivity index (χ1n) is 11.5. The fourth-order valence-electron chi connectivity index (χ4n) is 3.89. The first-order chi connectivity index (χ1) is 18.3. The topological polar surface area (TPSA) is 103 Å². The van der Waals surface area contributed by atoms with E-state index < -0.39 is 17.8 Å². The van der Waals surface area contributed by atoms with E-state index in [9.17, 15) is 14.4 Å². The van der Waals surface area contributed by atoms with E-state index in [1.807, 2.05) is 31.2 Å². The van der Waals surface area contributed by atoms with Crippen molar-refractivity contribution in [1.82, 2.24) is 5.32 Å². The molecule has 194 valence electrons. The summed E-state index contributed by atoms with van der Waals surface area (Å²) in [6, 6.07) is 15.1. The van der Waals surface area contributed by atoms with Gasteiger partial charge in [0, 0.05) is 9.64 Å². The zero-order valence-corrected chi connectivity index (χ0v) is 23.7. The van der Waals surface area contributed by atoms with Gasteiger partial charge in [0.25, 0.3) is 11.8 Å². The number of carbonyl (C=O) groups excluding carboxylic acids is 3. The molecule has 0 aromatic heterocycles. The molecule has 38 heavy (non-hydrogen) atoms. The zero-order chi connectivity index (χ0) is 26.8. The second kappa shape index (κ2) is 11.0. The molecule has 9 nitrogen and oxygen atoms in total. The van der Waals surface area contributed by atoms with E-state index in [1.165, 1.54) is 12.1 Å². The fraction of sp³-hybridized carbons (Fsp3) is 0.148. The molecule has 0 spiro atoms. The fourth-order valence-corrected chi connectivity index (χ4v) is 4.83. The quantitative estimate of drug-likeness (QED) is 0.201. The van der Waals surface area contributed by atoms with Gasteiger partial charge in [-0.15, -0.1) is 0 Å². The summed E-state index contributed by atoms with van der Waals surface area (Å²) in [5, 5.41) is 2.22. The van der Waals surface area contributed by atoms with Gasteiger partial charge in [-0.3, -0.25) is 14.9 Å². The average Bonchev–Trinajstić information content (AvgIpc) is 3.35. The highest BCUT2D eigenvalue weighted by Gasteiger charge is 2.37. The van der Waals surface area contributed by atoms with Crippen molar-refractivity contribution in [1.29, 1.82) is 0 Å². The first-order valence-corrected chi connectivity index (χ1v) is 13.4. The van der Waals surface area contributed by atoms with E-state index in [0.29, 0.717) is 46.2 Å². The molecule has 0 bridgehead atoms. The van der Waals surface area contributed by atoms with Crippen molar-refractivity contribution >= 4 is 68.1 Å². The third-order valence-electron chi connectivity index (χ3n) is 5.66. The lowest BCUT2D eigenvalue weighted by molar-refractivity contribution is -0.122. The molecule has 0 saturated carbocycles. The van der Waals surface area contributed by atoms with Crippen LogP contribution in [0.1, 0.15) is 18.1 Å². The number of benzene rings is 3. The van der Waals surface area contributed by atoms with Crippen LogP contribution in [0.2, 0.25) is 0 Å². The third-order valence-corrected chi connectivity index (χ3v) is 6.96. The second-order valence-electron chi connectivity index (χ2n) is 8.17. The van der Waals surface area contributed by atoms with Gasteiger partial charge < -0.3 is 18.9 Å². The van der Waals surface area contributed by atoms with E-state index in [2.05, 4.69) is 43.8 Å². The number of anilines is 1. The van der Waals surface area contributed by atoms with Crippen LogP contribution < -0.4 is 29.2 Å². The van der Waals surface area contributed by atoms with Crippen LogP contribution in [0.3, 0.4) is 0 Å². The van der Waals surface area contributed by atoms with Crippen LogP contribution in [-0.4, -0.2) is 31.2 Å². The van der Waals surface area contributed by atoms with Crippen molar-refractivity contribution in [3.63, 3.8) is 0 Å². The highest BCUT2D eigenvalue weighted by atomic mass is 127. The van der Waals surface area contributed by atoms with Crippen LogP contribution in [0.15, 0.2) is 64.6 Å². The SMILES string of the molecule is CCOc1cc(/C=C2\C(=O)NC(=O)N(c3ccc4c(c3)OCO4)C2=O)cc(Br)c1OCc1ccc(I)cc1.